The molecule has 3 rings (SSSR count). The molecule has 0 fully saturated rings. The Kier molecular flexibility index (Phi) is 6.28. The second kappa shape index (κ2) is 9.05. The minimum absolute atomic E-state index is 0.0554. The van der Waals surface area contributed by atoms with Crippen molar-refractivity contribution in [1.82, 2.24) is 0 Å². The molecule has 3 aromatic carbocycles. The molecule has 0 saturated heterocycles. The van der Waals surface area contributed by atoms with Gasteiger partial charge in [-0.25, -0.2) is 0 Å². The molecule has 0 unspecified atom stereocenters. The minimum Gasteiger partial charge on any atom is -0.488 e. The molecule has 3 aromatic rings. The molecular formula is C25H24O3. The molecule has 0 radical (unpaired) electrons. The SMILES string of the molecule is C=C(C)c1cc(C(C)=O)c(OCc2ccccc2)cc1OCc1ccccc1. The van der Waals surface area contributed by atoms with Crippen LogP contribution in [-0.2, 0) is 13.2 Å². The summed E-state index contributed by atoms with van der Waals surface area (Å²) in [6.45, 7) is 8.28. The van der Waals surface area contributed by atoms with Crippen molar-refractivity contribution in [2.75, 3.05) is 0 Å². The molecule has 0 heterocycles. The van der Waals surface area contributed by atoms with Gasteiger partial charge < -0.3 is 9.47 Å². The van der Waals surface area contributed by atoms with Crippen molar-refractivity contribution in [1.29, 1.82) is 0 Å². The van der Waals surface area contributed by atoms with Crippen LogP contribution < -0.4 is 9.47 Å². The monoisotopic (exact) mass is 372 g/mol. The Morgan fingerprint density at radius 1 is 0.750 bits per heavy atom. The Hall–Kier alpha value is -3.33. The summed E-state index contributed by atoms with van der Waals surface area (Å²) in [7, 11) is 0. The second-order valence-corrected chi connectivity index (χ2v) is 6.73. The van der Waals surface area contributed by atoms with E-state index in [4.69, 9.17) is 9.47 Å². The third-order valence-corrected chi connectivity index (χ3v) is 4.40. The first-order chi connectivity index (χ1) is 13.5. The average molecular weight is 372 g/mol. The molecule has 0 N–H and O–H groups in total. The Bertz CT molecular complexity index is 883. The van der Waals surface area contributed by atoms with Crippen molar-refractivity contribution in [3.8, 4) is 11.5 Å². The topological polar surface area (TPSA) is 35.5 Å². The van der Waals surface area contributed by atoms with Gasteiger partial charge >= 0.3 is 0 Å². The van der Waals surface area contributed by atoms with Crippen LogP contribution in [0.1, 0.15) is 40.9 Å². The molecule has 0 aliphatic heterocycles. The summed E-state index contributed by atoms with van der Waals surface area (Å²) >= 11 is 0. The highest BCUT2D eigenvalue weighted by Gasteiger charge is 2.16. The van der Waals surface area contributed by atoms with E-state index in [2.05, 4.69) is 6.58 Å². The van der Waals surface area contributed by atoms with Crippen molar-refractivity contribution in [2.45, 2.75) is 27.1 Å². The van der Waals surface area contributed by atoms with Crippen LogP contribution in [0.4, 0.5) is 0 Å². The van der Waals surface area contributed by atoms with Crippen LogP contribution in [0.3, 0.4) is 0 Å². The molecule has 0 spiro atoms. The first-order valence-electron chi connectivity index (χ1n) is 9.23. The van der Waals surface area contributed by atoms with Crippen LogP contribution in [0.15, 0.2) is 79.4 Å². The van der Waals surface area contributed by atoms with Crippen LogP contribution in [-0.4, -0.2) is 5.78 Å². The van der Waals surface area contributed by atoms with Crippen molar-refractivity contribution < 1.29 is 14.3 Å². The third kappa shape index (κ3) is 4.89. The maximum absolute atomic E-state index is 12.2. The van der Waals surface area contributed by atoms with Crippen molar-refractivity contribution in [3.63, 3.8) is 0 Å². The van der Waals surface area contributed by atoms with E-state index in [1.54, 1.807) is 6.07 Å². The van der Waals surface area contributed by atoms with Gasteiger partial charge in [0, 0.05) is 11.6 Å². The maximum Gasteiger partial charge on any atom is 0.163 e. The van der Waals surface area contributed by atoms with E-state index in [0.717, 1.165) is 22.3 Å². The second-order valence-electron chi connectivity index (χ2n) is 6.73. The van der Waals surface area contributed by atoms with Crippen LogP contribution in [0, 0.1) is 0 Å². The van der Waals surface area contributed by atoms with Gasteiger partial charge in [0.25, 0.3) is 0 Å². The molecule has 0 aliphatic carbocycles. The third-order valence-electron chi connectivity index (χ3n) is 4.40. The normalized spacial score (nSPS) is 10.4. The van der Waals surface area contributed by atoms with Gasteiger partial charge in [-0.05, 0) is 36.6 Å². The molecule has 0 saturated carbocycles. The number of hydrogen-bond donors (Lipinski definition) is 0. The summed E-state index contributed by atoms with van der Waals surface area (Å²) < 4.78 is 12.0. The molecule has 0 atom stereocenters. The quantitative estimate of drug-likeness (QED) is 0.450. The Morgan fingerprint density at radius 2 is 1.21 bits per heavy atom. The van der Waals surface area contributed by atoms with Gasteiger partial charge in [0.15, 0.2) is 5.78 Å². The predicted molar refractivity (Wildman–Crippen MR) is 113 cm³/mol. The molecule has 0 aromatic heterocycles. The Labute approximate surface area is 166 Å². The first kappa shape index (κ1) is 19.4. The number of ether oxygens (including phenoxy) is 2. The molecule has 0 bridgehead atoms. The number of allylic oxidation sites excluding steroid dienone is 1. The predicted octanol–water partition coefficient (Wildman–Crippen LogP) is 6.08. The number of rotatable bonds is 8. The summed E-state index contributed by atoms with van der Waals surface area (Å²) in [6, 6.07) is 23.4. The summed E-state index contributed by atoms with van der Waals surface area (Å²) in [6.07, 6.45) is 0. The molecule has 28 heavy (non-hydrogen) atoms. The average Bonchev–Trinajstić information content (AvgIpc) is 2.71. The fraction of sp³-hybridized carbons (Fsp3) is 0.160. The number of carbonyl (C=O) groups is 1. The molecule has 142 valence electrons. The highest BCUT2D eigenvalue weighted by molar-refractivity contribution is 5.98. The largest absolute Gasteiger partial charge is 0.488 e. The maximum atomic E-state index is 12.2. The number of benzene rings is 3. The van der Waals surface area contributed by atoms with E-state index in [1.165, 1.54) is 6.92 Å². The van der Waals surface area contributed by atoms with Gasteiger partial charge in [-0.15, -0.1) is 0 Å². The summed E-state index contributed by atoms with van der Waals surface area (Å²) in [5.74, 6) is 1.12. The number of Topliss-reactive ketones (excluding diaryl/α,β-unsaturated/α-hetero) is 1. The highest BCUT2D eigenvalue weighted by Crippen LogP contribution is 2.34. The van der Waals surface area contributed by atoms with Gasteiger partial charge in [-0.3, -0.25) is 4.79 Å². The van der Waals surface area contributed by atoms with Gasteiger partial charge in [0.05, 0.1) is 5.56 Å². The first-order valence-corrected chi connectivity index (χ1v) is 9.23. The number of hydrogen-bond acceptors (Lipinski definition) is 3. The number of carbonyl (C=O) groups excluding carboxylic acids is 1. The molecule has 3 nitrogen and oxygen atoms in total. The fourth-order valence-corrected chi connectivity index (χ4v) is 2.88. The van der Waals surface area contributed by atoms with Crippen molar-refractivity contribution in [2.24, 2.45) is 0 Å². The van der Waals surface area contributed by atoms with E-state index >= 15 is 0 Å². The van der Waals surface area contributed by atoms with Gasteiger partial charge in [0.2, 0.25) is 0 Å². The molecule has 0 aliphatic rings. The molecule has 0 amide bonds. The molecule has 3 heteroatoms. The zero-order chi connectivity index (χ0) is 19.9. The van der Waals surface area contributed by atoms with Crippen LogP contribution >= 0.6 is 0 Å². The van der Waals surface area contributed by atoms with E-state index in [-0.39, 0.29) is 5.78 Å². The standard InChI is InChI=1S/C25H24O3/c1-18(2)22-14-23(19(3)26)25(28-17-21-12-8-5-9-13-21)15-24(22)27-16-20-10-6-4-7-11-20/h4-15H,1,16-17H2,2-3H3. The van der Waals surface area contributed by atoms with Crippen LogP contribution in [0.5, 0.6) is 11.5 Å². The Morgan fingerprint density at radius 3 is 1.64 bits per heavy atom. The van der Waals surface area contributed by atoms with E-state index in [0.29, 0.717) is 30.3 Å². The lowest BCUT2D eigenvalue weighted by molar-refractivity contribution is 0.101. The van der Waals surface area contributed by atoms with Crippen molar-refractivity contribution >= 4 is 11.4 Å². The van der Waals surface area contributed by atoms with Crippen molar-refractivity contribution in [3.05, 3.63) is 102 Å². The zero-order valence-corrected chi connectivity index (χ0v) is 16.3. The summed E-state index contributed by atoms with van der Waals surface area (Å²) in [4.78, 5) is 12.2. The van der Waals surface area contributed by atoms with E-state index in [1.807, 2.05) is 73.7 Å². The van der Waals surface area contributed by atoms with Gasteiger partial charge in [0.1, 0.15) is 24.7 Å². The lowest BCUT2D eigenvalue weighted by Gasteiger charge is -2.17. The lowest BCUT2D eigenvalue weighted by Crippen LogP contribution is -2.05. The highest BCUT2D eigenvalue weighted by atomic mass is 16.5. The summed E-state index contributed by atoms with van der Waals surface area (Å²) in [5, 5.41) is 0. The lowest BCUT2D eigenvalue weighted by atomic mass is 10.0. The van der Waals surface area contributed by atoms with Crippen LogP contribution in [0.25, 0.3) is 5.57 Å². The minimum atomic E-state index is -0.0554. The zero-order valence-electron chi connectivity index (χ0n) is 16.3. The number of ketones is 1. The van der Waals surface area contributed by atoms with E-state index < -0.39 is 0 Å². The Balaban J connectivity index is 1.90. The van der Waals surface area contributed by atoms with Gasteiger partial charge in [-0.1, -0.05) is 67.2 Å². The van der Waals surface area contributed by atoms with E-state index in [9.17, 15) is 4.79 Å². The molecular weight excluding hydrogens is 348 g/mol. The van der Waals surface area contributed by atoms with Crippen LogP contribution in [0.2, 0.25) is 0 Å². The fourth-order valence-electron chi connectivity index (χ4n) is 2.88. The summed E-state index contributed by atoms with van der Waals surface area (Å²) in [5.41, 5.74) is 4.28. The van der Waals surface area contributed by atoms with Gasteiger partial charge in [-0.2, -0.15) is 0 Å². The smallest absolute Gasteiger partial charge is 0.163 e.